The normalized spacial score (nSPS) is 10.4. The Kier molecular flexibility index (Phi) is 2.77. The highest BCUT2D eigenvalue weighted by Gasteiger charge is 2.04. The van der Waals surface area contributed by atoms with Gasteiger partial charge in [0.05, 0.1) is 40.4 Å². The number of nitriles is 1. The second-order valence-corrected chi connectivity index (χ2v) is 4.60. The number of nitrogens with one attached hydrogen (secondary N) is 1. The van der Waals surface area contributed by atoms with Crippen LogP contribution in [0, 0.1) is 11.3 Å². The van der Waals surface area contributed by atoms with Gasteiger partial charge in [0.25, 0.3) is 0 Å². The number of hydrogen-bond donors (Lipinski definition) is 2. The van der Waals surface area contributed by atoms with Crippen molar-refractivity contribution in [1.82, 2.24) is 9.55 Å². The van der Waals surface area contributed by atoms with E-state index in [0.29, 0.717) is 11.3 Å². The number of nitrogens with zero attached hydrogens (tertiary/aromatic N) is 3. The number of rotatable bonds is 2. The molecule has 3 N–H and O–H groups in total. The third kappa shape index (κ3) is 2.04. The van der Waals surface area contributed by atoms with E-state index in [1.165, 1.54) is 0 Å². The number of nitrogen functional groups attached to an aromatic ring is 1. The van der Waals surface area contributed by atoms with Crippen molar-refractivity contribution < 1.29 is 0 Å². The molecule has 5 nitrogen and oxygen atoms in total. The SMILES string of the molecule is Cn1cnc2cc(Nc3ccc(C#N)cc3N)ccc21. The molecule has 0 atom stereocenters. The van der Waals surface area contributed by atoms with Gasteiger partial charge >= 0.3 is 0 Å². The molecule has 1 aromatic heterocycles. The molecule has 2 aromatic carbocycles. The Morgan fingerprint density at radius 2 is 2.10 bits per heavy atom. The van der Waals surface area contributed by atoms with Crippen LogP contribution < -0.4 is 11.1 Å². The molecule has 0 aliphatic rings. The lowest BCUT2D eigenvalue weighted by Gasteiger charge is -2.09. The Hall–Kier alpha value is -3.00. The van der Waals surface area contributed by atoms with Crippen LogP contribution in [-0.4, -0.2) is 9.55 Å². The number of benzene rings is 2. The number of anilines is 3. The first kappa shape index (κ1) is 12.1. The van der Waals surface area contributed by atoms with E-state index in [4.69, 9.17) is 11.0 Å². The number of hydrogen-bond acceptors (Lipinski definition) is 4. The second kappa shape index (κ2) is 4.59. The summed E-state index contributed by atoms with van der Waals surface area (Å²) in [5.74, 6) is 0. The Bertz CT molecular complexity index is 826. The van der Waals surface area contributed by atoms with Crippen LogP contribution in [0.15, 0.2) is 42.7 Å². The van der Waals surface area contributed by atoms with E-state index in [1.807, 2.05) is 29.8 Å². The van der Waals surface area contributed by atoms with Gasteiger partial charge in [-0.3, -0.25) is 0 Å². The molecule has 0 fully saturated rings. The van der Waals surface area contributed by atoms with Gasteiger partial charge in [0.2, 0.25) is 0 Å². The summed E-state index contributed by atoms with van der Waals surface area (Å²) < 4.78 is 1.97. The minimum absolute atomic E-state index is 0.546. The molecule has 98 valence electrons. The highest BCUT2D eigenvalue weighted by Crippen LogP contribution is 2.26. The molecule has 0 saturated heterocycles. The average Bonchev–Trinajstić information content (AvgIpc) is 2.82. The fourth-order valence-corrected chi connectivity index (χ4v) is 2.12. The number of imidazole rings is 1. The lowest BCUT2D eigenvalue weighted by molar-refractivity contribution is 0.948. The molecule has 5 heteroatoms. The summed E-state index contributed by atoms with van der Waals surface area (Å²) in [6.07, 6.45) is 1.78. The van der Waals surface area contributed by atoms with Gasteiger partial charge in [-0.05, 0) is 36.4 Å². The van der Waals surface area contributed by atoms with Crippen LogP contribution in [0.5, 0.6) is 0 Å². The molecule has 0 amide bonds. The molecular formula is C15H13N5. The summed E-state index contributed by atoms with van der Waals surface area (Å²) in [6.45, 7) is 0. The molecular weight excluding hydrogens is 250 g/mol. The summed E-state index contributed by atoms with van der Waals surface area (Å²) >= 11 is 0. The van der Waals surface area contributed by atoms with Crippen molar-refractivity contribution in [3.8, 4) is 6.07 Å². The molecule has 0 unspecified atom stereocenters. The van der Waals surface area contributed by atoms with E-state index in [1.54, 1.807) is 24.5 Å². The first-order valence-corrected chi connectivity index (χ1v) is 6.15. The largest absolute Gasteiger partial charge is 0.397 e. The van der Waals surface area contributed by atoms with Crippen molar-refractivity contribution in [3.05, 3.63) is 48.3 Å². The van der Waals surface area contributed by atoms with Gasteiger partial charge in [0, 0.05) is 12.7 Å². The van der Waals surface area contributed by atoms with Crippen LogP contribution in [0.1, 0.15) is 5.56 Å². The molecule has 0 saturated carbocycles. The Labute approximate surface area is 116 Å². The van der Waals surface area contributed by atoms with Crippen LogP contribution in [0.4, 0.5) is 17.1 Å². The topological polar surface area (TPSA) is 79.7 Å². The Morgan fingerprint density at radius 3 is 2.85 bits per heavy atom. The molecule has 0 spiro atoms. The van der Waals surface area contributed by atoms with E-state index in [9.17, 15) is 0 Å². The zero-order chi connectivity index (χ0) is 14.1. The van der Waals surface area contributed by atoms with E-state index in [0.717, 1.165) is 22.4 Å². The number of fused-ring (bicyclic) bond motifs is 1. The first-order valence-electron chi connectivity index (χ1n) is 6.15. The number of nitrogens with two attached hydrogens (primary N) is 1. The second-order valence-electron chi connectivity index (χ2n) is 4.60. The van der Waals surface area contributed by atoms with Crippen molar-refractivity contribution in [2.75, 3.05) is 11.1 Å². The smallest absolute Gasteiger partial charge is 0.0992 e. The average molecular weight is 263 g/mol. The van der Waals surface area contributed by atoms with Crippen LogP contribution in [-0.2, 0) is 7.05 Å². The van der Waals surface area contributed by atoms with Gasteiger partial charge < -0.3 is 15.6 Å². The summed E-state index contributed by atoms with van der Waals surface area (Å²) in [7, 11) is 1.96. The van der Waals surface area contributed by atoms with Crippen molar-refractivity contribution >= 4 is 28.1 Å². The Morgan fingerprint density at radius 1 is 1.25 bits per heavy atom. The third-order valence-corrected chi connectivity index (χ3v) is 3.19. The van der Waals surface area contributed by atoms with E-state index < -0.39 is 0 Å². The summed E-state index contributed by atoms with van der Waals surface area (Å²) in [5, 5.41) is 12.1. The van der Waals surface area contributed by atoms with Crippen molar-refractivity contribution in [2.45, 2.75) is 0 Å². The molecule has 0 radical (unpaired) electrons. The Balaban J connectivity index is 1.95. The lowest BCUT2D eigenvalue weighted by Crippen LogP contribution is -1.97. The van der Waals surface area contributed by atoms with Gasteiger partial charge in [-0.15, -0.1) is 0 Å². The molecule has 1 heterocycles. The van der Waals surface area contributed by atoms with Crippen LogP contribution in [0.25, 0.3) is 11.0 Å². The van der Waals surface area contributed by atoms with E-state index >= 15 is 0 Å². The van der Waals surface area contributed by atoms with E-state index in [-0.39, 0.29) is 0 Å². The van der Waals surface area contributed by atoms with Gasteiger partial charge in [0.15, 0.2) is 0 Å². The summed E-state index contributed by atoms with van der Waals surface area (Å²) in [5.41, 5.74) is 10.7. The fraction of sp³-hybridized carbons (Fsp3) is 0.0667. The summed E-state index contributed by atoms with van der Waals surface area (Å²) in [6, 6.07) is 13.2. The third-order valence-electron chi connectivity index (χ3n) is 3.19. The minimum atomic E-state index is 0.546. The predicted octanol–water partition coefficient (Wildman–Crippen LogP) is 2.77. The van der Waals surface area contributed by atoms with Crippen molar-refractivity contribution in [1.29, 1.82) is 5.26 Å². The van der Waals surface area contributed by atoms with Crippen LogP contribution in [0.2, 0.25) is 0 Å². The standard InChI is InChI=1S/C15H13N5/c1-20-9-18-14-7-11(3-5-15(14)20)19-13-4-2-10(8-16)6-12(13)17/h2-7,9,19H,17H2,1H3. The van der Waals surface area contributed by atoms with Gasteiger partial charge in [0.1, 0.15) is 0 Å². The van der Waals surface area contributed by atoms with E-state index in [2.05, 4.69) is 16.4 Å². The maximum absolute atomic E-state index is 8.83. The zero-order valence-electron chi connectivity index (χ0n) is 11.0. The van der Waals surface area contributed by atoms with Gasteiger partial charge in [-0.25, -0.2) is 4.98 Å². The fourth-order valence-electron chi connectivity index (χ4n) is 2.12. The van der Waals surface area contributed by atoms with Gasteiger partial charge in [-0.2, -0.15) is 5.26 Å². The molecule has 3 aromatic rings. The highest BCUT2D eigenvalue weighted by atomic mass is 15.0. The maximum Gasteiger partial charge on any atom is 0.0992 e. The lowest BCUT2D eigenvalue weighted by atomic mass is 10.2. The molecule has 20 heavy (non-hydrogen) atoms. The van der Waals surface area contributed by atoms with Crippen molar-refractivity contribution in [3.63, 3.8) is 0 Å². The number of aryl methyl sites for hydroxylation is 1. The molecule has 0 aliphatic heterocycles. The zero-order valence-corrected chi connectivity index (χ0v) is 11.0. The van der Waals surface area contributed by atoms with Crippen LogP contribution >= 0.6 is 0 Å². The quantitative estimate of drug-likeness (QED) is 0.697. The minimum Gasteiger partial charge on any atom is -0.397 e. The van der Waals surface area contributed by atoms with Crippen LogP contribution in [0.3, 0.4) is 0 Å². The molecule has 3 rings (SSSR count). The maximum atomic E-state index is 8.83. The molecule has 0 aliphatic carbocycles. The molecule has 0 bridgehead atoms. The number of aromatic nitrogens is 2. The highest BCUT2D eigenvalue weighted by molar-refractivity contribution is 5.82. The van der Waals surface area contributed by atoms with Gasteiger partial charge in [-0.1, -0.05) is 0 Å². The van der Waals surface area contributed by atoms with Crippen molar-refractivity contribution in [2.24, 2.45) is 7.05 Å². The first-order chi connectivity index (χ1) is 9.67. The summed E-state index contributed by atoms with van der Waals surface area (Å²) in [4.78, 5) is 4.32. The predicted molar refractivity (Wildman–Crippen MR) is 79.6 cm³/mol. The monoisotopic (exact) mass is 263 g/mol.